The number of amides is 1. The van der Waals surface area contributed by atoms with Crippen LogP contribution in [-0.4, -0.2) is 33.4 Å². The van der Waals surface area contributed by atoms with Crippen LogP contribution in [0.15, 0.2) is 41.2 Å². The number of hydrogen-bond acceptors (Lipinski definition) is 3. The lowest BCUT2D eigenvalue weighted by Crippen LogP contribution is -2.33. The van der Waals surface area contributed by atoms with E-state index in [0.717, 1.165) is 5.56 Å². The Hall–Kier alpha value is -2.50. The first kappa shape index (κ1) is 16.9. The highest BCUT2D eigenvalue weighted by Gasteiger charge is 2.20. The van der Waals surface area contributed by atoms with E-state index in [1.807, 2.05) is 51.1 Å². The summed E-state index contributed by atoms with van der Waals surface area (Å²) in [7, 11) is 1.64. The van der Waals surface area contributed by atoms with E-state index in [2.05, 4.69) is 5.10 Å². The van der Waals surface area contributed by atoms with Gasteiger partial charge in [0.1, 0.15) is 5.60 Å². The van der Waals surface area contributed by atoms with Crippen molar-refractivity contribution in [3.05, 3.63) is 58.0 Å². The fourth-order valence-electron chi connectivity index (χ4n) is 2.11. The van der Waals surface area contributed by atoms with Gasteiger partial charge in [-0.05, 0) is 26.3 Å². The third-order valence-corrected chi connectivity index (χ3v) is 3.14. The molecule has 1 amide bonds. The maximum atomic E-state index is 12.0. The highest BCUT2D eigenvalue weighted by molar-refractivity contribution is 5.67. The molecule has 1 aromatic carbocycles. The quantitative estimate of drug-likeness (QED) is 0.942. The van der Waals surface area contributed by atoms with Crippen molar-refractivity contribution in [3.8, 4) is 0 Å². The zero-order chi connectivity index (χ0) is 17.0. The maximum absolute atomic E-state index is 12.0. The molecule has 0 bridgehead atoms. The van der Waals surface area contributed by atoms with Gasteiger partial charge >= 0.3 is 6.09 Å². The van der Waals surface area contributed by atoms with E-state index < -0.39 is 11.7 Å². The molecule has 23 heavy (non-hydrogen) atoms. The Morgan fingerprint density at radius 3 is 2.52 bits per heavy atom. The molecule has 0 atom stereocenters. The van der Waals surface area contributed by atoms with Gasteiger partial charge in [0, 0.05) is 13.1 Å². The summed E-state index contributed by atoms with van der Waals surface area (Å²) in [5, 5.41) is 3.03. The first-order valence-corrected chi connectivity index (χ1v) is 7.51. The van der Waals surface area contributed by atoms with Crippen molar-refractivity contribution < 1.29 is 9.53 Å². The predicted octanol–water partition coefficient (Wildman–Crippen LogP) is 2.59. The van der Waals surface area contributed by atoms with Gasteiger partial charge < -0.3 is 9.64 Å². The van der Waals surface area contributed by atoms with E-state index in [-0.39, 0.29) is 12.1 Å². The standard InChI is InChI=1S/C17H23N3O3/c1-17(2,3)23-16(22)19(4)12-14-10-15(21)20(18-14)11-13-8-6-5-7-9-13/h5-10,18H,11-12H2,1-4H3. The average molecular weight is 317 g/mol. The molecule has 0 saturated carbocycles. The van der Waals surface area contributed by atoms with Crippen molar-refractivity contribution in [1.29, 1.82) is 0 Å². The second kappa shape index (κ2) is 6.73. The summed E-state index contributed by atoms with van der Waals surface area (Å²) in [6, 6.07) is 11.2. The highest BCUT2D eigenvalue weighted by Crippen LogP contribution is 2.10. The van der Waals surface area contributed by atoms with E-state index in [4.69, 9.17) is 4.74 Å². The fourth-order valence-corrected chi connectivity index (χ4v) is 2.11. The smallest absolute Gasteiger partial charge is 0.410 e. The number of aromatic nitrogens is 2. The molecule has 1 heterocycles. The van der Waals surface area contributed by atoms with Crippen molar-refractivity contribution >= 4 is 6.09 Å². The van der Waals surface area contributed by atoms with Crippen molar-refractivity contribution in [2.24, 2.45) is 0 Å². The molecule has 2 aromatic rings. The average Bonchev–Trinajstić information content (AvgIpc) is 2.78. The van der Waals surface area contributed by atoms with Gasteiger partial charge in [-0.15, -0.1) is 0 Å². The minimum absolute atomic E-state index is 0.124. The summed E-state index contributed by atoms with van der Waals surface area (Å²) < 4.78 is 6.81. The van der Waals surface area contributed by atoms with Crippen LogP contribution in [0.3, 0.4) is 0 Å². The minimum atomic E-state index is -0.544. The Morgan fingerprint density at radius 2 is 1.91 bits per heavy atom. The number of ether oxygens (including phenoxy) is 1. The Morgan fingerprint density at radius 1 is 1.26 bits per heavy atom. The van der Waals surface area contributed by atoms with Crippen LogP contribution in [0.2, 0.25) is 0 Å². The number of aromatic amines is 1. The summed E-state index contributed by atoms with van der Waals surface area (Å²) in [4.78, 5) is 25.4. The molecule has 2 rings (SSSR count). The molecule has 6 heteroatoms. The predicted molar refractivity (Wildman–Crippen MR) is 88.3 cm³/mol. The third kappa shape index (κ3) is 5.02. The second-order valence-electron chi connectivity index (χ2n) is 6.53. The van der Waals surface area contributed by atoms with Crippen LogP contribution in [0.1, 0.15) is 32.0 Å². The Kier molecular flexibility index (Phi) is 4.93. The SMILES string of the molecule is CN(Cc1cc(=O)n(Cc2ccccc2)[nH]1)C(=O)OC(C)(C)C. The van der Waals surface area contributed by atoms with Crippen LogP contribution in [0.5, 0.6) is 0 Å². The lowest BCUT2D eigenvalue weighted by molar-refractivity contribution is 0.0283. The van der Waals surface area contributed by atoms with Gasteiger partial charge in [-0.25, -0.2) is 9.48 Å². The zero-order valence-corrected chi connectivity index (χ0v) is 14.0. The molecule has 124 valence electrons. The lowest BCUT2D eigenvalue weighted by Gasteiger charge is -2.24. The van der Waals surface area contributed by atoms with E-state index >= 15 is 0 Å². The number of benzene rings is 1. The maximum Gasteiger partial charge on any atom is 0.410 e. The minimum Gasteiger partial charge on any atom is -0.444 e. The first-order valence-electron chi connectivity index (χ1n) is 7.51. The largest absolute Gasteiger partial charge is 0.444 e. The summed E-state index contributed by atoms with van der Waals surface area (Å²) in [5.41, 5.74) is 1.03. The van der Waals surface area contributed by atoms with E-state index in [1.165, 1.54) is 15.6 Å². The molecule has 0 unspecified atom stereocenters. The van der Waals surface area contributed by atoms with Gasteiger partial charge in [0.15, 0.2) is 0 Å². The van der Waals surface area contributed by atoms with Crippen LogP contribution >= 0.6 is 0 Å². The van der Waals surface area contributed by atoms with Gasteiger partial charge in [-0.3, -0.25) is 9.89 Å². The molecule has 1 aromatic heterocycles. The molecule has 0 aliphatic rings. The van der Waals surface area contributed by atoms with Crippen LogP contribution in [0.4, 0.5) is 4.79 Å². The van der Waals surface area contributed by atoms with Crippen molar-refractivity contribution in [2.45, 2.75) is 39.5 Å². The van der Waals surface area contributed by atoms with E-state index in [1.54, 1.807) is 7.05 Å². The van der Waals surface area contributed by atoms with Crippen molar-refractivity contribution in [2.75, 3.05) is 7.05 Å². The zero-order valence-electron chi connectivity index (χ0n) is 14.0. The van der Waals surface area contributed by atoms with Gasteiger partial charge in [0.25, 0.3) is 5.56 Å². The third-order valence-electron chi connectivity index (χ3n) is 3.14. The number of carbonyl (C=O) groups is 1. The summed E-state index contributed by atoms with van der Waals surface area (Å²) >= 11 is 0. The molecular weight excluding hydrogens is 294 g/mol. The Bertz CT molecular complexity index is 711. The molecule has 0 spiro atoms. The molecule has 1 N–H and O–H groups in total. The molecule has 0 aliphatic heterocycles. The Labute approximate surface area is 135 Å². The first-order chi connectivity index (χ1) is 10.7. The second-order valence-corrected chi connectivity index (χ2v) is 6.53. The molecule has 0 fully saturated rings. The molecule has 6 nitrogen and oxygen atoms in total. The van der Waals surface area contributed by atoms with Gasteiger partial charge in [-0.2, -0.15) is 0 Å². The number of hydrogen-bond donors (Lipinski definition) is 1. The summed E-state index contributed by atoms with van der Waals surface area (Å²) in [6.45, 7) is 6.20. The lowest BCUT2D eigenvalue weighted by atomic mass is 10.2. The molecule has 0 saturated heterocycles. The van der Waals surface area contributed by atoms with Crippen LogP contribution in [0, 0.1) is 0 Å². The topological polar surface area (TPSA) is 67.3 Å². The molecular formula is C17H23N3O3. The molecule has 0 aliphatic carbocycles. The number of carbonyl (C=O) groups excluding carboxylic acids is 1. The highest BCUT2D eigenvalue weighted by atomic mass is 16.6. The van der Waals surface area contributed by atoms with Gasteiger partial charge in [-0.1, -0.05) is 30.3 Å². The van der Waals surface area contributed by atoms with Gasteiger partial charge in [0.2, 0.25) is 0 Å². The van der Waals surface area contributed by atoms with E-state index in [9.17, 15) is 9.59 Å². The van der Waals surface area contributed by atoms with Crippen LogP contribution in [-0.2, 0) is 17.8 Å². The number of nitrogens with one attached hydrogen (secondary N) is 1. The Balaban J connectivity index is 2.03. The van der Waals surface area contributed by atoms with Gasteiger partial charge in [0.05, 0.1) is 18.8 Å². The number of rotatable bonds is 4. The summed E-state index contributed by atoms with van der Waals surface area (Å²) in [5.74, 6) is 0. The monoisotopic (exact) mass is 317 g/mol. The molecule has 0 radical (unpaired) electrons. The van der Waals surface area contributed by atoms with Crippen molar-refractivity contribution in [3.63, 3.8) is 0 Å². The summed E-state index contributed by atoms with van der Waals surface area (Å²) in [6.07, 6.45) is -0.422. The number of H-pyrrole nitrogens is 1. The number of nitrogens with zero attached hydrogens (tertiary/aromatic N) is 2. The van der Waals surface area contributed by atoms with Crippen LogP contribution in [0.25, 0.3) is 0 Å². The normalized spacial score (nSPS) is 11.3. The van der Waals surface area contributed by atoms with Crippen molar-refractivity contribution in [1.82, 2.24) is 14.7 Å². The fraction of sp³-hybridized carbons (Fsp3) is 0.412. The van der Waals surface area contributed by atoms with Crippen LogP contribution < -0.4 is 5.56 Å². The van der Waals surface area contributed by atoms with E-state index in [0.29, 0.717) is 12.2 Å².